The van der Waals surface area contributed by atoms with E-state index in [1.54, 1.807) is 17.8 Å². The van der Waals surface area contributed by atoms with E-state index in [0.717, 1.165) is 16.5 Å². The van der Waals surface area contributed by atoms with Gasteiger partial charge in [-0.25, -0.2) is 0 Å². The minimum Gasteiger partial charge on any atom is -0.508 e. The Labute approximate surface area is 121 Å². The summed E-state index contributed by atoms with van der Waals surface area (Å²) in [4.78, 5) is 13.1. The van der Waals surface area contributed by atoms with Gasteiger partial charge in [0.1, 0.15) is 11.5 Å². The van der Waals surface area contributed by atoms with E-state index in [2.05, 4.69) is 0 Å². The molecule has 0 amide bonds. The average molecular weight is 286 g/mol. The van der Waals surface area contributed by atoms with Crippen LogP contribution in [0.3, 0.4) is 0 Å². The second-order valence-corrected chi connectivity index (χ2v) is 5.05. The number of benzene rings is 2. The van der Waals surface area contributed by atoms with Gasteiger partial charge in [0.15, 0.2) is 5.78 Å². The first-order chi connectivity index (χ1) is 9.60. The molecule has 2 aromatic rings. The Morgan fingerprint density at radius 2 is 1.80 bits per heavy atom. The van der Waals surface area contributed by atoms with E-state index < -0.39 is 0 Å². The number of carbonyl (C=O) groups excluding carboxylic acids is 1. The van der Waals surface area contributed by atoms with Gasteiger partial charge < -0.3 is 10.2 Å². The van der Waals surface area contributed by atoms with Crippen molar-refractivity contribution in [2.45, 2.75) is 4.90 Å². The molecule has 0 saturated carbocycles. The molecule has 0 aliphatic rings. The number of rotatable bonds is 4. The maximum Gasteiger partial charge on any atom is 0.189 e. The van der Waals surface area contributed by atoms with E-state index in [9.17, 15) is 15.0 Å². The number of ketones is 1. The van der Waals surface area contributed by atoms with Gasteiger partial charge in [0.05, 0.1) is 5.56 Å². The molecular weight excluding hydrogens is 272 g/mol. The van der Waals surface area contributed by atoms with Crippen molar-refractivity contribution in [3.63, 3.8) is 0 Å². The van der Waals surface area contributed by atoms with Gasteiger partial charge in [0.25, 0.3) is 0 Å². The molecule has 0 atom stereocenters. The zero-order valence-corrected chi connectivity index (χ0v) is 11.7. The highest BCUT2D eigenvalue weighted by atomic mass is 32.2. The minimum absolute atomic E-state index is 0.0734. The molecule has 0 bridgehead atoms. The van der Waals surface area contributed by atoms with Crippen LogP contribution >= 0.6 is 11.8 Å². The number of thioether (sulfide) groups is 1. The van der Waals surface area contributed by atoms with Gasteiger partial charge in [-0.2, -0.15) is 0 Å². The maximum absolute atomic E-state index is 11.9. The number of allylic oxidation sites excluding steroid dienone is 1. The monoisotopic (exact) mass is 286 g/mol. The molecule has 2 rings (SSSR count). The summed E-state index contributed by atoms with van der Waals surface area (Å²) >= 11 is 1.65. The van der Waals surface area contributed by atoms with Crippen molar-refractivity contribution in [3.05, 3.63) is 59.7 Å². The van der Waals surface area contributed by atoms with E-state index in [1.807, 2.05) is 30.5 Å². The summed E-state index contributed by atoms with van der Waals surface area (Å²) < 4.78 is 0. The lowest BCUT2D eigenvalue weighted by Gasteiger charge is -2.01. The minimum atomic E-state index is -0.309. The van der Waals surface area contributed by atoms with Crippen LogP contribution in [-0.2, 0) is 0 Å². The molecule has 20 heavy (non-hydrogen) atoms. The molecule has 0 fully saturated rings. The van der Waals surface area contributed by atoms with Crippen LogP contribution in [0.4, 0.5) is 0 Å². The Bertz CT molecular complexity index is 645. The number of carbonyl (C=O) groups is 1. The van der Waals surface area contributed by atoms with E-state index in [1.165, 1.54) is 18.2 Å². The highest BCUT2D eigenvalue weighted by Gasteiger charge is 2.08. The number of hydrogen-bond donors (Lipinski definition) is 2. The third-order valence-corrected chi connectivity index (χ3v) is 3.53. The Morgan fingerprint density at radius 3 is 2.40 bits per heavy atom. The summed E-state index contributed by atoms with van der Waals surface area (Å²) in [7, 11) is 0. The summed E-state index contributed by atoms with van der Waals surface area (Å²) in [5, 5.41) is 18.8. The fourth-order valence-electron chi connectivity index (χ4n) is 1.71. The molecular formula is C16H14O3S. The Balaban J connectivity index is 2.15. The van der Waals surface area contributed by atoms with Crippen LogP contribution in [0.1, 0.15) is 15.9 Å². The van der Waals surface area contributed by atoms with Gasteiger partial charge in [-0.15, -0.1) is 11.8 Å². The average Bonchev–Trinajstić information content (AvgIpc) is 2.45. The van der Waals surface area contributed by atoms with Crippen LogP contribution in [0.5, 0.6) is 11.5 Å². The number of phenols is 2. The van der Waals surface area contributed by atoms with Gasteiger partial charge in [-0.1, -0.05) is 18.2 Å². The molecule has 2 N–H and O–H groups in total. The molecule has 0 radical (unpaired) electrons. The van der Waals surface area contributed by atoms with Crippen LogP contribution in [-0.4, -0.2) is 22.3 Å². The number of aromatic hydroxyl groups is 2. The SMILES string of the molecule is CSc1ccc(/C=C/C(=O)c2ccc(O)cc2O)cc1. The van der Waals surface area contributed by atoms with Gasteiger partial charge in [-0.05, 0) is 42.2 Å². The molecule has 4 heteroatoms. The summed E-state index contributed by atoms with van der Waals surface area (Å²) in [5.41, 5.74) is 1.08. The van der Waals surface area contributed by atoms with Crippen LogP contribution in [0.15, 0.2) is 53.4 Å². The first-order valence-corrected chi connectivity index (χ1v) is 7.21. The third kappa shape index (κ3) is 3.42. The first-order valence-electron chi connectivity index (χ1n) is 5.98. The predicted octanol–water partition coefficient (Wildman–Crippen LogP) is 3.72. The van der Waals surface area contributed by atoms with Gasteiger partial charge >= 0.3 is 0 Å². The lowest BCUT2D eigenvalue weighted by atomic mass is 10.1. The fraction of sp³-hybridized carbons (Fsp3) is 0.0625. The Hall–Kier alpha value is -2.20. The summed E-state index contributed by atoms with van der Waals surface area (Å²) in [5.74, 6) is -0.607. The Kier molecular flexibility index (Phi) is 4.48. The smallest absolute Gasteiger partial charge is 0.189 e. The van der Waals surface area contributed by atoms with Gasteiger partial charge in [-0.3, -0.25) is 4.79 Å². The van der Waals surface area contributed by atoms with Crippen molar-refractivity contribution in [2.75, 3.05) is 6.26 Å². The lowest BCUT2D eigenvalue weighted by Crippen LogP contribution is -1.94. The largest absolute Gasteiger partial charge is 0.508 e. The van der Waals surface area contributed by atoms with Crippen molar-refractivity contribution in [3.8, 4) is 11.5 Å². The highest BCUT2D eigenvalue weighted by molar-refractivity contribution is 7.98. The predicted molar refractivity (Wildman–Crippen MR) is 81.4 cm³/mol. The van der Waals surface area contributed by atoms with Crippen LogP contribution in [0.25, 0.3) is 6.08 Å². The zero-order valence-electron chi connectivity index (χ0n) is 10.9. The molecule has 0 aliphatic heterocycles. The van der Waals surface area contributed by atoms with E-state index in [-0.39, 0.29) is 22.8 Å². The van der Waals surface area contributed by atoms with Crippen LogP contribution < -0.4 is 0 Å². The van der Waals surface area contributed by atoms with E-state index in [0.29, 0.717) is 0 Å². The maximum atomic E-state index is 11.9. The number of hydrogen-bond acceptors (Lipinski definition) is 4. The molecule has 3 nitrogen and oxygen atoms in total. The lowest BCUT2D eigenvalue weighted by molar-refractivity contribution is 0.104. The summed E-state index contributed by atoms with van der Waals surface area (Å²) in [6.07, 6.45) is 5.10. The number of phenolic OH excluding ortho intramolecular Hbond substituents is 2. The van der Waals surface area contributed by atoms with Crippen molar-refractivity contribution >= 4 is 23.6 Å². The normalized spacial score (nSPS) is 10.8. The molecule has 0 aliphatic carbocycles. The highest BCUT2D eigenvalue weighted by Crippen LogP contribution is 2.23. The van der Waals surface area contributed by atoms with Crippen LogP contribution in [0.2, 0.25) is 0 Å². The van der Waals surface area contributed by atoms with Crippen molar-refractivity contribution in [2.24, 2.45) is 0 Å². The quantitative estimate of drug-likeness (QED) is 0.511. The summed E-state index contributed by atoms with van der Waals surface area (Å²) in [6, 6.07) is 11.7. The molecule has 0 heterocycles. The molecule has 102 valence electrons. The second kappa shape index (κ2) is 6.30. The third-order valence-electron chi connectivity index (χ3n) is 2.79. The Morgan fingerprint density at radius 1 is 1.10 bits per heavy atom. The molecule has 0 unspecified atom stereocenters. The molecule has 0 spiro atoms. The molecule has 2 aromatic carbocycles. The first kappa shape index (κ1) is 14.2. The topological polar surface area (TPSA) is 57.5 Å². The van der Waals surface area contributed by atoms with Gasteiger partial charge in [0.2, 0.25) is 0 Å². The van der Waals surface area contributed by atoms with Crippen LogP contribution in [0, 0.1) is 0 Å². The molecule has 0 saturated heterocycles. The van der Waals surface area contributed by atoms with Gasteiger partial charge in [0, 0.05) is 11.0 Å². The zero-order chi connectivity index (χ0) is 14.5. The van der Waals surface area contributed by atoms with Crippen molar-refractivity contribution in [1.82, 2.24) is 0 Å². The molecule has 0 aromatic heterocycles. The van der Waals surface area contributed by atoms with E-state index >= 15 is 0 Å². The van der Waals surface area contributed by atoms with Crippen molar-refractivity contribution in [1.29, 1.82) is 0 Å². The fourth-order valence-corrected chi connectivity index (χ4v) is 2.11. The second-order valence-electron chi connectivity index (χ2n) is 4.17. The van der Waals surface area contributed by atoms with Crippen molar-refractivity contribution < 1.29 is 15.0 Å². The standard InChI is InChI=1S/C16H14O3S/c1-20-13-6-2-11(3-7-13)4-9-15(18)14-8-5-12(17)10-16(14)19/h2-10,17,19H,1H3/b9-4+. The summed E-state index contributed by atoms with van der Waals surface area (Å²) in [6.45, 7) is 0. The van der Waals surface area contributed by atoms with E-state index in [4.69, 9.17) is 0 Å².